The van der Waals surface area contributed by atoms with Crippen LogP contribution in [0.5, 0.6) is 0 Å². The Labute approximate surface area is 164 Å². The molecule has 2 aromatic rings. The van der Waals surface area contributed by atoms with Crippen molar-refractivity contribution in [3.05, 3.63) is 82.5 Å². The molecule has 1 aliphatic rings. The Morgan fingerprint density at radius 1 is 1.39 bits per heavy atom. The van der Waals surface area contributed by atoms with E-state index in [2.05, 4.69) is 34.6 Å². The van der Waals surface area contributed by atoms with Gasteiger partial charge in [0.2, 0.25) is 0 Å². The van der Waals surface area contributed by atoms with Crippen molar-refractivity contribution >= 4 is 11.5 Å². The average Bonchev–Trinajstić information content (AvgIpc) is 3.39. The third-order valence-corrected chi connectivity index (χ3v) is 4.63. The number of aromatic nitrogens is 2. The zero-order chi connectivity index (χ0) is 19.9. The van der Waals surface area contributed by atoms with Crippen LogP contribution in [0.2, 0.25) is 0 Å². The number of aromatic amines is 1. The number of carboxylic acids is 1. The fraction of sp³-hybridized carbons (Fsp3) is 0.273. The first-order valence-corrected chi connectivity index (χ1v) is 9.39. The summed E-state index contributed by atoms with van der Waals surface area (Å²) >= 11 is 0. The van der Waals surface area contributed by atoms with Crippen molar-refractivity contribution in [2.24, 2.45) is 0 Å². The Morgan fingerprint density at radius 2 is 2.25 bits per heavy atom. The fourth-order valence-corrected chi connectivity index (χ4v) is 3.15. The number of nitrogens with zero attached hydrogens (tertiary/aromatic N) is 1. The lowest BCUT2D eigenvalue weighted by molar-refractivity contribution is 0.0696. The van der Waals surface area contributed by atoms with E-state index in [4.69, 9.17) is 9.84 Å². The lowest BCUT2D eigenvalue weighted by Gasteiger charge is -2.13. The molecule has 0 saturated carbocycles. The lowest BCUT2D eigenvalue weighted by Crippen LogP contribution is -2.13. The first-order valence-electron chi connectivity index (χ1n) is 9.39. The van der Waals surface area contributed by atoms with Gasteiger partial charge in [0, 0.05) is 41.6 Å². The van der Waals surface area contributed by atoms with Crippen LogP contribution < -0.4 is 5.32 Å². The SMILES string of the molecule is CC/C=C/C(=C1/OCC/C1=C(/C)NCc1cccc(C(=O)O)c1)c1cn[nH]c1. The Bertz CT molecular complexity index is 924. The molecule has 3 N–H and O–H groups in total. The van der Waals surface area contributed by atoms with Crippen LogP contribution in [0.3, 0.4) is 0 Å². The molecule has 1 aliphatic heterocycles. The van der Waals surface area contributed by atoms with Crippen molar-refractivity contribution in [1.29, 1.82) is 0 Å². The van der Waals surface area contributed by atoms with Crippen LogP contribution in [0.1, 0.15) is 48.2 Å². The maximum absolute atomic E-state index is 11.2. The summed E-state index contributed by atoms with van der Waals surface area (Å²) in [4.78, 5) is 11.2. The Morgan fingerprint density at radius 3 is 2.96 bits per heavy atom. The second kappa shape index (κ2) is 9.08. The second-order valence-electron chi connectivity index (χ2n) is 6.60. The number of allylic oxidation sites excluding steroid dienone is 5. The normalized spacial score (nSPS) is 17.5. The highest BCUT2D eigenvalue weighted by molar-refractivity contribution is 5.87. The average molecular weight is 379 g/mol. The van der Waals surface area contributed by atoms with Gasteiger partial charge in [0.15, 0.2) is 0 Å². The lowest BCUT2D eigenvalue weighted by atomic mass is 10.0. The maximum Gasteiger partial charge on any atom is 0.335 e. The molecular formula is C22H25N3O3. The number of aromatic carboxylic acids is 1. The number of H-pyrrole nitrogens is 1. The number of rotatable bonds is 7. The van der Waals surface area contributed by atoms with E-state index >= 15 is 0 Å². The minimum atomic E-state index is -0.918. The van der Waals surface area contributed by atoms with E-state index in [1.54, 1.807) is 24.4 Å². The number of carboxylic acid groups (broad SMARTS) is 1. The molecule has 0 radical (unpaired) electrons. The highest BCUT2D eigenvalue weighted by atomic mass is 16.5. The van der Waals surface area contributed by atoms with Crippen LogP contribution in [0, 0.1) is 0 Å². The van der Waals surface area contributed by atoms with E-state index in [0.717, 1.165) is 46.6 Å². The van der Waals surface area contributed by atoms with E-state index < -0.39 is 5.97 Å². The molecule has 0 unspecified atom stereocenters. The van der Waals surface area contributed by atoms with Crippen LogP contribution in [0.15, 0.2) is 65.8 Å². The van der Waals surface area contributed by atoms with E-state index in [1.165, 1.54) is 0 Å². The first-order chi connectivity index (χ1) is 13.6. The molecule has 6 heteroatoms. The zero-order valence-electron chi connectivity index (χ0n) is 16.2. The topological polar surface area (TPSA) is 87.2 Å². The molecule has 28 heavy (non-hydrogen) atoms. The Balaban J connectivity index is 1.87. The van der Waals surface area contributed by atoms with Gasteiger partial charge in [0.1, 0.15) is 5.76 Å². The molecule has 3 rings (SSSR count). The number of hydrogen-bond acceptors (Lipinski definition) is 4. The number of carbonyl (C=O) groups is 1. The molecule has 146 valence electrons. The van der Waals surface area contributed by atoms with Crippen LogP contribution >= 0.6 is 0 Å². The smallest absolute Gasteiger partial charge is 0.335 e. The van der Waals surface area contributed by atoms with Crippen LogP contribution in [-0.4, -0.2) is 27.9 Å². The second-order valence-corrected chi connectivity index (χ2v) is 6.60. The standard InChI is InChI=1S/C22H25N3O3/c1-3-4-8-20(18-13-24-25-14-18)21-19(9-10-28-21)15(2)23-12-16-6-5-7-17(11-16)22(26)27/h4-8,11,13-14,23H,3,9-10,12H2,1-2H3,(H,24,25)(H,26,27)/b8-4+,19-15+,21-20-. The van der Waals surface area contributed by atoms with Gasteiger partial charge < -0.3 is 15.2 Å². The third-order valence-electron chi connectivity index (χ3n) is 4.63. The summed E-state index contributed by atoms with van der Waals surface area (Å²) in [5.41, 5.74) is 5.37. The van der Waals surface area contributed by atoms with Gasteiger partial charge in [-0.15, -0.1) is 0 Å². The number of hydrogen-bond donors (Lipinski definition) is 3. The summed E-state index contributed by atoms with van der Waals surface area (Å²) < 4.78 is 5.98. The molecule has 0 aliphatic carbocycles. The molecule has 0 atom stereocenters. The van der Waals surface area contributed by atoms with Crippen molar-refractivity contribution in [3.8, 4) is 0 Å². The summed E-state index contributed by atoms with van der Waals surface area (Å²) in [6, 6.07) is 6.97. The van der Waals surface area contributed by atoms with E-state index in [-0.39, 0.29) is 0 Å². The van der Waals surface area contributed by atoms with Gasteiger partial charge in [-0.25, -0.2) is 4.79 Å². The molecule has 0 bridgehead atoms. The predicted molar refractivity (Wildman–Crippen MR) is 108 cm³/mol. The molecule has 2 heterocycles. The monoisotopic (exact) mass is 379 g/mol. The van der Waals surface area contributed by atoms with Gasteiger partial charge in [-0.2, -0.15) is 5.10 Å². The van der Waals surface area contributed by atoms with E-state index in [9.17, 15) is 4.79 Å². The molecule has 1 aromatic heterocycles. The Kier molecular flexibility index (Phi) is 6.32. The van der Waals surface area contributed by atoms with Crippen LogP contribution in [0.4, 0.5) is 0 Å². The fourth-order valence-electron chi connectivity index (χ4n) is 3.15. The van der Waals surface area contributed by atoms with Gasteiger partial charge >= 0.3 is 5.97 Å². The van der Waals surface area contributed by atoms with Crippen molar-refractivity contribution in [3.63, 3.8) is 0 Å². The molecule has 6 nitrogen and oxygen atoms in total. The van der Waals surface area contributed by atoms with Crippen molar-refractivity contribution in [2.75, 3.05) is 6.61 Å². The van der Waals surface area contributed by atoms with Gasteiger partial charge in [-0.05, 0) is 31.0 Å². The highest BCUT2D eigenvalue weighted by Gasteiger charge is 2.22. The van der Waals surface area contributed by atoms with E-state index in [0.29, 0.717) is 18.7 Å². The van der Waals surface area contributed by atoms with Gasteiger partial charge in [0.25, 0.3) is 0 Å². The minimum absolute atomic E-state index is 0.293. The van der Waals surface area contributed by atoms with Gasteiger partial charge in [0.05, 0.1) is 18.4 Å². The van der Waals surface area contributed by atoms with Crippen LogP contribution in [0.25, 0.3) is 5.57 Å². The summed E-state index contributed by atoms with van der Waals surface area (Å²) in [6.45, 7) is 5.31. The molecule has 1 aromatic carbocycles. The van der Waals surface area contributed by atoms with Gasteiger partial charge in [-0.1, -0.05) is 31.2 Å². The van der Waals surface area contributed by atoms with Crippen molar-refractivity contribution in [1.82, 2.24) is 15.5 Å². The van der Waals surface area contributed by atoms with Gasteiger partial charge in [-0.3, -0.25) is 5.10 Å². The summed E-state index contributed by atoms with van der Waals surface area (Å²) in [5.74, 6) is -0.0470. The number of nitrogens with one attached hydrogen (secondary N) is 2. The van der Waals surface area contributed by atoms with E-state index in [1.807, 2.05) is 19.2 Å². The summed E-state index contributed by atoms with van der Waals surface area (Å²) in [6.07, 6.45) is 9.60. The first kappa shape index (κ1) is 19.5. The number of ether oxygens (including phenoxy) is 1. The molecule has 0 spiro atoms. The highest BCUT2D eigenvalue weighted by Crippen LogP contribution is 2.33. The summed E-state index contributed by atoms with van der Waals surface area (Å²) in [5, 5.41) is 19.5. The molecule has 1 saturated heterocycles. The third kappa shape index (κ3) is 4.52. The number of benzene rings is 1. The minimum Gasteiger partial charge on any atom is -0.492 e. The molecular weight excluding hydrogens is 354 g/mol. The Hall–Kier alpha value is -3.28. The van der Waals surface area contributed by atoms with Crippen molar-refractivity contribution in [2.45, 2.75) is 33.2 Å². The summed E-state index contributed by atoms with van der Waals surface area (Å²) in [7, 11) is 0. The molecule has 1 fully saturated rings. The maximum atomic E-state index is 11.2. The van der Waals surface area contributed by atoms with Crippen molar-refractivity contribution < 1.29 is 14.6 Å². The quantitative estimate of drug-likeness (QED) is 0.669. The zero-order valence-corrected chi connectivity index (χ0v) is 16.2. The predicted octanol–water partition coefficient (Wildman–Crippen LogP) is 4.27. The van der Waals surface area contributed by atoms with Crippen LogP contribution in [-0.2, 0) is 11.3 Å². The largest absolute Gasteiger partial charge is 0.492 e. The molecule has 0 amide bonds.